The fourth-order valence-electron chi connectivity index (χ4n) is 10.2. The maximum Gasteiger partial charge on any atom is 0.306 e. The summed E-state index contributed by atoms with van der Waals surface area (Å²) in [5.41, 5.74) is 0. The summed E-state index contributed by atoms with van der Waals surface area (Å²) in [5.74, 6) is -0.861. The third-order valence-corrected chi connectivity index (χ3v) is 15.2. The average Bonchev–Trinajstić information content (AvgIpc) is 3.41. The van der Waals surface area contributed by atoms with E-state index >= 15 is 0 Å². The summed E-state index contributed by atoms with van der Waals surface area (Å²) >= 11 is 0. The van der Waals surface area contributed by atoms with Gasteiger partial charge in [0.05, 0.1) is 0 Å². The van der Waals surface area contributed by atoms with Crippen molar-refractivity contribution in [3.05, 3.63) is 36.5 Å². The molecule has 0 bridgehead atoms. The number of rotatable bonds is 62. The maximum atomic E-state index is 12.9. The number of esters is 3. The average molecular weight is 1050 g/mol. The molecule has 0 spiro atoms. The normalized spacial score (nSPS) is 12.2. The zero-order valence-electron chi connectivity index (χ0n) is 50.6. The summed E-state index contributed by atoms with van der Waals surface area (Å²) < 4.78 is 17.0. The quantitative estimate of drug-likeness (QED) is 0.0261. The summed E-state index contributed by atoms with van der Waals surface area (Å²) in [5, 5.41) is 0. The molecule has 0 aliphatic heterocycles. The van der Waals surface area contributed by atoms with E-state index in [9.17, 15) is 14.4 Å². The van der Waals surface area contributed by atoms with Crippen LogP contribution in [0.25, 0.3) is 0 Å². The van der Waals surface area contributed by atoms with E-state index in [0.29, 0.717) is 19.3 Å². The molecule has 1 atom stereocenters. The fourth-order valence-corrected chi connectivity index (χ4v) is 10.2. The molecule has 6 heteroatoms. The molecule has 0 aliphatic carbocycles. The Labute approximate surface area is 467 Å². The number of carbonyl (C=O) groups excluding carboxylic acids is 3. The highest BCUT2D eigenvalue weighted by atomic mass is 16.6. The zero-order chi connectivity index (χ0) is 54.3. The van der Waals surface area contributed by atoms with Crippen LogP contribution in [-0.4, -0.2) is 37.2 Å². The maximum absolute atomic E-state index is 12.9. The van der Waals surface area contributed by atoms with Crippen molar-refractivity contribution in [3.8, 4) is 0 Å². The Morgan fingerprint density at radius 2 is 0.520 bits per heavy atom. The smallest absolute Gasteiger partial charge is 0.306 e. The number of unbranched alkanes of at least 4 members (excludes halogenated alkanes) is 45. The summed E-state index contributed by atoms with van der Waals surface area (Å²) in [7, 11) is 0. The second-order valence-electron chi connectivity index (χ2n) is 22.7. The first-order valence-corrected chi connectivity index (χ1v) is 33.5. The van der Waals surface area contributed by atoms with Gasteiger partial charge >= 0.3 is 17.9 Å². The summed E-state index contributed by atoms with van der Waals surface area (Å²) in [6, 6.07) is 0. The lowest BCUT2D eigenvalue weighted by molar-refractivity contribution is -0.167. The molecule has 0 aliphatic rings. The summed E-state index contributed by atoms with van der Waals surface area (Å²) in [6.07, 6.45) is 78.8. The van der Waals surface area contributed by atoms with Crippen LogP contribution in [0.2, 0.25) is 0 Å². The van der Waals surface area contributed by atoms with E-state index in [1.807, 2.05) is 0 Å². The number of carbonyl (C=O) groups is 3. The highest BCUT2D eigenvalue weighted by molar-refractivity contribution is 5.71. The fraction of sp³-hybridized carbons (Fsp3) is 0.870. The molecule has 0 unspecified atom stereocenters. The molecule has 0 saturated heterocycles. The minimum Gasteiger partial charge on any atom is -0.462 e. The van der Waals surface area contributed by atoms with Gasteiger partial charge in [-0.15, -0.1) is 0 Å². The van der Waals surface area contributed by atoms with Crippen molar-refractivity contribution in [3.63, 3.8) is 0 Å². The van der Waals surface area contributed by atoms with Gasteiger partial charge in [-0.25, -0.2) is 0 Å². The van der Waals surface area contributed by atoms with E-state index in [1.54, 1.807) is 0 Å². The second kappa shape index (κ2) is 64.2. The van der Waals surface area contributed by atoms with Crippen LogP contribution >= 0.6 is 0 Å². The lowest BCUT2D eigenvalue weighted by Crippen LogP contribution is -2.30. The third kappa shape index (κ3) is 62.4. The van der Waals surface area contributed by atoms with Crippen LogP contribution in [0.15, 0.2) is 36.5 Å². The molecule has 440 valence electrons. The molecule has 0 radical (unpaired) electrons. The van der Waals surface area contributed by atoms with Gasteiger partial charge in [-0.2, -0.15) is 0 Å². The third-order valence-electron chi connectivity index (χ3n) is 15.2. The minimum absolute atomic E-state index is 0.0720. The van der Waals surface area contributed by atoms with Gasteiger partial charge in [0.1, 0.15) is 13.2 Å². The summed E-state index contributed by atoms with van der Waals surface area (Å²) in [4.78, 5) is 38.4. The van der Waals surface area contributed by atoms with Gasteiger partial charge in [-0.05, 0) is 51.4 Å². The number of hydrogen-bond acceptors (Lipinski definition) is 6. The first-order chi connectivity index (χ1) is 37.0. The van der Waals surface area contributed by atoms with Crippen molar-refractivity contribution in [1.82, 2.24) is 0 Å². The van der Waals surface area contributed by atoms with E-state index in [4.69, 9.17) is 14.2 Å². The molecule has 0 aromatic heterocycles. The van der Waals surface area contributed by atoms with E-state index in [2.05, 4.69) is 57.2 Å². The monoisotopic (exact) mass is 1050 g/mol. The van der Waals surface area contributed by atoms with Crippen molar-refractivity contribution in [2.45, 2.75) is 374 Å². The molecule has 0 aromatic carbocycles. The molecule has 0 fully saturated rings. The predicted molar refractivity (Wildman–Crippen MR) is 326 cm³/mol. The zero-order valence-corrected chi connectivity index (χ0v) is 50.6. The van der Waals surface area contributed by atoms with E-state index in [1.165, 1.54) is 231 Å². The molecule has 75 heavy (non-hydrogen) atoms. The standard InChI is InChI=1S/C69H128O6/c1-4-7-10-13-16-19-22-25-28-30-32-34-36-38-41-44-47-50-53-56-59-62-68(71)74-65-66(64-73-67(70)61-58-55-52-49-46-43-40-27-24-21-18-15-12-9-6-3)75-69(72)63-60-57-54-51-48-45-42-39-37-35-33-31-29-26-23-20-17-14-11-8-5-2/h9,12,18,21,27,40,66H,4-8,10-11,13-17,19-20,22-26,28-39,41-65H2,1-3H3/b12-9-,21-18-,40-27-/t66-/m1/s1. The van der Waals surface area contributed by atoms with Gasteiger partial charge in [-0.3, -0.25) is 14.4 Å². The lowest BCUT2D eigenvalue weighted by atomic mass is 10.0. The Kier molecular flexibility index (Phi) is 62.1. The van der Waals surface area contributed by atoms with Crippen LogP contribution in [0.5, 0.6) is 0 Å². The second-order valence-corrected chi connectivity index (χ2v) is 22.7. The van der Waals surface area contributed by atoms with Gasteiger partial charge in [0.2, 0.25) is 0 Å². The van der Waals surface area contributed by atoms with Gasteiger partial charge < -0.3 is 14.2 Å². The van der Waals surface area contributed by atoms with Crippen LogP contribution in [0.1, 0.15) is 367 Å². The molecular weight excluding hydrogens is 925 g/mol. The van der Waals surface area contributed by atoms with Crippen molar-refractivity contribution < 1.29 is 28.6 Å². The Morgan fingerprint density at radius 1 is 0.280 bits per heavy atom. The largest absolute Gasteiger partial charge is 0.462 e. The predicted octanol–water partition coefficient (Wildman–Crippen LogP) is 22.8. The van der Waals surface area contributed by atoms with Crippen LogP contribution in [0.3, 0.4) is 0 Å². The number of ether oxygens (including phenoxy) is 3. The Morgan fingerprint density at radius 3 is 0.813 bits per heavy atom. The van der Waals surface area contributed by atoms with Crippen LogP contribution < -0.4 is 0 Å². The Balaban J connectivity index is 4.29. The van der Waals surface area contributed by atoms with Crippen molar-refractivity contribution >= 4 is 17.9 Å². The van der Waals surface area contributed by atoms with Crippen LogP contribution in [-0.2, 0) is 28.6 Å². The van der Waals surface area contributed by atoms with E-state index in [0.717, 1.165) is 96.3 Å². The van der Waals surface area contributed by atoms with Gasteiger partial charge in [0.25, 0.3) is 0 Å². The van der Waals surface area contributed by atoms with Gasteiger partial charge in [0.15, 0.2) is 6.10 Å². The topological polar surface area (TPSA) is 78.9 Å². The minimum atomic E-state index is -0.776. The van der Waals surface area contributed by atoms with Gasteiger partial charge in [-0.1, -0.05) is 333 Å². The first kappa shape index (κ1) is 72.6. The Bertz CT molecular complexity index is 1250. The van der Waals surface area contributed by atoms with E-state index in [-0.39, 0.29) is 31.1 Å². The molecule has 0 amide bonds. The molecule has 0 saturated carbocycles. The molecule has 6 nitrogen and oxygen atoms in total. The number of allylic oxidation sites excluding steroid dienone is 6. The highest BCUT2D eigenvalue weighted by Gasteiger charge is 2.19. The van der Waals surface area contributed by atoms with Crippen molar-refractivity contribution in [2.24, 2.45) is 0 Å². The van der Waals surface area contributed by atoms with Crippen molar-refractivity contribution in [2.75, 3.05) is 13.2 Å². The molecule has 0 rings (SSSR count). The highest BCUT2D eigenvalue weighted by Crippen LogP contribution is 2.18. The Hall–Kier alpha value is -2.37. The van der Waals surface area contributed by atoms with Gasteiger partial charge in [0, 0.05) is 19.3 Å². The lowest BCUT2D eigenvalue weighted by Gasteiger charge is -2.18. The summed E-state index contributed by atoms with van der Waals surface area (Å²) in [6.45, 7) is 6.59. The van der Waals surface area contributed by atoms with Crippen LogP contribution in [0.4, 0.5) is 0 Å². The SMILES string of the molecule is CC/C=C\C/C=C\C/C=C\CCCCCCCC(=O)OC[C@H](COC(=O)CCCCCCCCCCCCCCCCCCCCCCC)OC(=O)CCCCCCCCCCCCCCCCCCCCCCC. The molecule has 0 N–H and O–H groups in total. The first-order valence-electron chi connectivity index (χ1n) is 33.5. The van der Waals surface area contributed by atoms with E-state index < -0.39 is 6.10 Å². The molecule has 0 aromatic rings. The molecular formula is C69H128O6. The molecule has 0 heterocycles. The van der Waals surface area contributed by atoms with Crippen LogP contribution in [0, 0.1) is 0 Å². The van der Waals surface area contributed by atoms with Crippen molar-refractivity contribution in [1.29, 1.82) is 0 Å². The number of hydrogen-bond donors (Lipinski definition) is 0.